The number of pyridine rings is 1. The molecule has 0 amide bonds. The van der Waals surface area contributed by atoms with Gasteiger partial charge in [0.05, 0.1) is 11.8 Å². The van der Waals surface area contributed by atoms with Gasteiger partial charge in [0.1, 0.15) is 5.82 Å². The second-order valence-electron chi connectivity index (χ2n) is 4.52. The maximum Gasteiger partial charge on any atom is 0.513 e. The van der Waals surface area contributed by atoms with Crippen LogP contribution in [0.3, 0.4) is 0 Å². The van der Waals surface area contributed by atoms with Crippen molar-refractivity contribution in [3.05, 3.63) is 24.1 Å². The quantitative estimate of drug-likeness (QED) is 0.646. The number of halogens is 1. The van der Waals surface area contributed by atoms with Crippen molar-refractivity contribution in [2.24, 2.45) is 5.41 Å². The van der Waals surface area contributed by atoms with Gasteiger partial charge in [0.2, 0.25) is 0 Å². The van der Waals surface area contributed by atoms with Gasteiger partial charge in [-0.3, -0.25) is 4.98 Å². The molecule has 80 valence electrons. The van der Waals surface area contributed by atoms with Gasteiger partial charge in [0, 0.05) is 18.6 Å². The third kappa shape index (κ3) is 2.55. The first-order valence-corrected chi connectivity index (χ1v) is 4.91. The highest BCUT2D eigenvalue weighted by Crippen LogP contribution is 2.20. The van der Waals surface area contributed by atoms with Crippen LogP contribution in [0.2, 0.25) is 0 Å². The highest BCUT2D eigenvalue weighted by Gasteiger charge is 2.34. The fourth-order valence-corrected chi connectivity index (χ4v) is 1.39. The van der Waals surface area contributed by atoms with E-state index in [4.69, 9.17) is 9.31 Å². The number of aromatic nitrogens is 1. The number of hydrogen-bond acceptors (Lipinski definition) is 3. The van der Waals surface area contributed by atoms with Gasteiger partial charge in [-0.25, -0.2) is 4.39 Å². The second-order valence-corrected chi connectivity index (χ2v) is 4.52. The summed E-state index contributed by atoms with van der Waals surface area (Å²) in [5.74, 6) is -0.352. The summed E-state index contributed by atoms with van der Waals surface area (Å²) in [4.78, 5) is 3.92. The summed E-state index contributed by atoms with van der Waals surface area (Å²) in [6.45, 7) is 5.38. The normalized spacial score (nSPS) is 20.3. The molecular formula is C10H13BFNO2. The van der Waals surface area contributed by atoms with Gasteiger partial charge in [0.25, 0.3) is 0 Å². The van der Waals surface area contributed by atoms with Crippen LogP contribution in [-0.4, -0.2) is 25.3 Å². The van der Waals surface area contributed by atoms with Crippen LogP contribution in [0, 0.1) is 11.2 Å². The Morgan fingerprint density at radius 2 is 2.00 bits per heavy atom. The fraction of sp³-hybridized carbons (Fsp3) is 0.500. The Morgan fingerprint density at radius 1 is 1.33 bits per heavy atom. The van der Waals surface area contributed by atoms with Crippen LogP contribution in [0.4, 0.5) is 4.39 Å². The number of hydrogen-bond donors (Lipinski definition) is 0. The summed E-state index contributed by atoms with van der Waals surface area (Å²) in [5.41, 5.74) is 0.656. The van der Waals surface area contributed by atoms with Crippen LogP contribution in [0.15, 0.2) is 18.3 Å². The predicted octanol–water partition coefficient (Wildman–Crippen LogP) is 0.989. The zero-order valence-electron chi connectivity index (χ0n) is 8.87. The topological polar surface area (TPSA) is 31.4 Å². The Hall–Kier alpha value is -0.935. The summed E-state index contributed by atoms with van der Waals surface area (Å²) in [5, 5.41) is 0. The van der Waals surface area contributed by atoms with Crippen molar-refractivity contribution in [3.8, 4) is 0 Å². The molecule has 1 aliphatic rings. The van der Waals surface area contributed by atoms with E-state index in [0.29, 0.717) is 18.8 Å². The monoisotopic (exact) mass is 209 g/mol. The lowest BCUT2D eigenvalue weighted by Gasteiger charge is -2.32. The molecule has 15 heavy (non-hydrogen) atoms. The van der Waals surface area contributed by atoms with E-state index in [2.05, 4.69) is 18.8 Å². The van der Waals surface area contributed by atoms with Gasteiger partial charge in [0.15, 0.2) is 0 Å². The highest BCUT2D eigenvalue weighted by molar-refractivity contribution is 6.60. The molecule has 0 N–H and O–H groups in total. The summed E-state index contributed by atoms with van der Waals surface area (Å²) in [6, 6.07) is 2.94. The molecule has 1 aromatic heterocycles. The summed E-state index contributed by atoms with van der Waals surface area (Å²) >= 11 is 0. The van der Waals surface area contributed by atoms with Crippen LogP contribution in [-0.2, 0) is 9.31 Å². The van der Waals surface area contributed by atoms with Crippen molar-refractivity contribution in [1.82, 2.24) is 4.98 Å². The van der Waals surface area contributed by atoms with Crippen molar-refractivity contribution in [2.75, 3.05) is 13.2 Å². The van der Waals surface area contributed by atoms with E-state index >= 15 is 0 Å². The molecule has 0 unspecified atom stereocenters. The zero-order chi connectivity index (χ0) is 10.9. The lowest BCUT2D eigenvalue weighted by atomic mass is 9.80. The van der Waals surface area contributed by atoms with E-state index in [0.717, 1.165) is 0 Å². The lowest BCUT2D eigenvalue weighted by molar-refractivity contribution is 0.0339. The molecule has 1 fully saturated rings. The average molecular weight is 209 g/mol. The zero-order valence-corrected chi connectivity index (χ0v) is 8.87. The highest BCUT2D eigenvalue weighted by atomic mass is 19.1. The Balaban J connectivity index is 2.04. The third-order valence-corrected chi connectivity index (χ3v) is 2.24. The Bertz CT molecular complexity index is 332. The van der Waals surface area contributed by atoms with Crippen molar-refractivity contribution < 1.29 is 13.7 Å². The van der Waals surface area contributed by atoms with E-state index < -0.39 is 7.12 Å². The first kappa shape index (κ1) is 10.6. The van der Waals surface area contributed by atoms with Gasteiger partial charge in [-0.15, -0.1) is 0 Å². The maximum atomic E-state index is 12.6. The van der Waals surface area contributed by atoms with E-state index in [1.165, 1.54) is 12.3 Å². The average Bonchev–Trinajstić information content (AvgIpc) is 2.20. The van der Waals surface area contributed by atoms with Crippen LogP contribution < -0.4 is 5.59 Å². The molecule has 0 aliphatic carbocycles. The smallest absolute Gasteiger partial charge is 0.406 e. The van der Waals surface area contributed by atoms with E-state index in [9.17, 15) is 4.39 Å². The number of nitrogens with zero attached hydrogens (tertiary/aromatic N) is 1. The SMILES string of the molecule is CC1(C)COB(c2ccc(F)cn2)OC1. The van der Waals surface area contributed by atoms with Crippen molar-refractivity contribution in [1.29, 1.82) is 0 Å². The largest absolute Gasteiger partial charge is 0.513 e. The minimum absolute atomic E-state index is 0.0382. The molecule has 1 aromatic rings. The lowest BCUT2D eigenvalue weighted by Crippen LogP contribution is -2.48. The molecule has 0 radical (unpaired) electrons. The molecular weight excluding hydrogens is 196 g/mol. The molecule has 1 aliphatic heterocycles. The van der Waals surface area contributed by atoms with Crippen LogP contribution in [0.25, 0.3) is 0 Å². The van der Waals surface area contributed by atoms with Crippen molar-refractivity contribution >= 4 is 12.7 Å². The van der Waals surface area contributed by atoms with Gasteiger partial charge in [-0.2, -0.15) is 0 Å². The Labute approximate surface area is 88.8 Å². The van der Waals surface area contributed by atoms with Crippen molar-refractivity contribution in [2.45, 2.75) is 13.8 Å². The van der Waals surface area contributed by atoms with Gasteiger partial charge >= 0.3 is 7.12 Å². The van der Waals surface area contributed by atoms with Gasteiger partial charge in [-0.1, -0.05) is 13.8 Å². The summed E-state index contributed by atoms with van der Waals surface area (Å²) in [7, 11) is -0.460. The molecule has 2 heterocycles. The molecule has 5 heteroatoms. The molecule has 0 aromatic carbocycles. The standard InChI is InChI=1S/C10H13BFNO2/c1-10(2)6-14-11(15-7-10)9-4-3-8(12)5-13-9/h3-5H,6-7H2,1-2H3. The van der Waals surface area contributed by atoms with Gasteiger partial charge < -0.3 is 9.31 Å². The first-order chi connectivity index (χ1) is 7.07. The van der Waals surface area contributed by atoms with E-state index in [1.54, 1.807) is 6.07 Å². The minimum atomic E-state index is -0.460. The van der Waals surface area contributed by atoms with Crippen LogP contribution >= 0.6 is 0 Å². The Morgan fingerprint density at radius 3 is 2.53 bits per heavy atom. The molecule has 2 rings (SSSR count). The van der Waals surface area contributed by atoms with Crippen LogP contribution in [0.5, 0.6) is 0 Å². The minimum Gasteiger partial charge on any atom is -0.406 e. The molecule has 0 spiro atoms. The second kappa shape index (κ2) is 3.91. The summed E-state index contributed by atoms with van der Waals surface area (Å²) in [6.07, 6.45) is 1.17. The maximum absolute atomic E-state index is 12.6. The third-order valence-electron chi connectivity index (χ3n) is 2.24. The molecule has 3 nitrogen and oxygen atoms in total. The van der Waals surface area contributed by atoms with Gasteiger partial charge in [-0.05, 0) is 12.1 Å². The molecule has 0 atom stereocenters. The fourth-order valence-electron chi connectivity index (χ4n) is 1.39. The summed E-state index contributed by atoms with van der Waals surface area (Å²) < 4.78 is 23.7. The predicted molar refractivity (Wildman–Crippen MR) is 55.3 cm³/mol. The van der Waals surface area contributed by atoms with E-state index in [-0.39, 0.29) is 11.2 Å². The molecule has 0 saturated carbocycles. The molecule has 1 saturated heterocycles. The first-order valence-electron chi connectivity index (χ1n) is 4.91. The number of rotatable bonds is 1. The van der Waals surface area contributed by atoms with E-state index in [1.807, 2.05) is 0 Å². The molecule has 0 bridgehead atoms. The van der Waals surface area contributed by atoms with Crippen molar-refractivity contribution in [3.63, 3.8) is 0 Å². The Kier molecular flexibility index (Phi) is 2.75. The van der Waals surface area contributed by atoms with Crippen LogP contribution in [0.1, 0.15) is 13.8 Å².